The quantitative estimate of drug-likeness (QED) is 0.344. The fourth-order valence-electron chi connectivity index (χ4n) is 2.02. The third kappa shape index (κ3) is 3.59. The number of amidine groups is 1. The lowest BCUT2D eigenvalue weighted by Crippen LogP contribution is -2.20. The predicted molar refractivity (Wildman–Crippen MR) is 83.2 cm³/mol. The van der Waals surface area contributed by atoms with Gasteiger partial charge in [-0.25, -0.2) is 4.39 Å². The van der Waals surface area contributed by atoms with E-state index >= 15 is 0 Å². The topological polar surface area (TPSA) is 70.6 Å². The van der Waals surface area contributed by atoms with Crippen LogP contribution in [0.4, 0.5) is 4.39 Å². The van der Waals surface area contributed by atoms with E-state index in [-0.39, 0.29) is 17.4 Å². The Morgan fingerprint density at radius 3 is 2.81 bits per heavy atom. The molecule has 0 saturated heterocycles. The van der Waals surface area contributed by atoms with Crippen LogP contribution in [0.15, 0.2) is 35.5 Å². The van der Waals surface area contributed by atoms with E-state index in [4.69, 9.17) is 10.9 Å². The smallest absolute Gasteiger partial charge is 0.173 e. The molecule has 1 unspecified atom stereocenters. The molecule has 0 fully saturated rings. The van der Waals surface area contributed by atoms with Crippen molar-refractivity contribution >= 4 is 17.2 Å². The number of hydrogen-bond acceptors (Lipinski definition) is 4. The highest BCUT2D eigenvalue weighted by Gasteiger charge is 2.13. The molecule has 6 heteroatoms. The number of nitrogens with one attached hydrogen (secondary N) is 1. The molecule has 2 aromatic rings. The molecule has 21 heavy (non-hydrogen) atoms. The first-order chi connectivity index (χ1) is 10.0. The molecule has 0 aliphatic rings. The Morgan fingerprint density at radius 1 is 1.43 bits per heavy atom. The Morgan fingerprint density at radius 2 is 2.19 bits per heavy atom. The summed E-state index contributed by atoms with van der Waals surface area (Å²) >= 11 is 1.72. The molecule has 0 aliphatic heterocycles. The van der Waals surface area contributed by atoms with E-state index in [0.29, 0.717) is 12.1 Å². The number of oxime groups is 1. The van der Waals surface area contributed by atoms with Crippen molar-refractivity contribution in [3.8, 4) is 0 Å². The number of benzene rings is 1. The van der Waals surface area contributed by atoms with Crippen LogP contribution in [0.2, 0.25) is 0 Å². The summed E-state index contributed by atoms with van der Waals surface area (Å²) in [6, 6.07) is 9.13. The lowest BCUT2D eigenvalue weighted by atomic mass is 10.1. The molecule has 4 nitrogen and oxygen atoms in total. The van der Waals surface area contributed by atoms with Crippen molar-refractivity contribution < 1.29 is 9.60 Å². The van der Waals surface area contributed by atoms with Gasteiger partial charge in [0, 0.05) is 27.9 Å². The summed E-state index contributed by atoms with van der Waals surface area (Å²) in [6.45, 7) is 4.47. The molecule has 0 radical (unpaired) electrons. The Balaban J connectivity index is 2.10. The van der Waals surface area contributed by atoms with Crippen LogP contribution in [-0.2, 0) is 6.54 Å². The van der Waals surface area contributed by atoms with Crippen LogP contribution < -0.4 is 11.1 Å². The van der Waals surface area contributed by atoms with Crippen LogP contribution in [0.5, 0.6) is 0 Å². The summed E-state index contributed by atoms with van der Waals surface area (Å²) in [5.74, 6) is -0.689. The number of nitrogens with two attached hydrogens (primary N) is 1. The van der Waals surface area contributed by atoms with Crippen LogP contribution >= 0.6 is 11.3 Å². The Kier molecular flexibility index (Phi) is 4.93. The van der Waals surface area contributed by atoms with Crippen molar-refractivity contribution in [1.82, 2.24) is 5.32 Å². The van der Waals surface area contributed by atoms with Crippen molar-refractivity contribution in [1.29, 1.82) is 0 Å². The highest BCUT2D eigenvalue weighted by atomic mass is 32.1. The maximum atomic E-state index is 14.3. The summed E-state index contributed by atoms with van der Waals surface area (Å²) < 4.78 is 14.3. The Labute approximate surface area is 127 Å². The normalized spacial score (nSPS) is 13.4. The zero-order valence-corrected chi connectivity index (χ0v) is 12.7. The van der Waals surface area contributed by atoms with Crippen molar-refractivity contribution in [2.75, 3.05) is 0 Å². The van der Waals surface area contributed by atoms with Crippen molar-refractivity contribution in [3.63, 3.8) is 0 Å². The highest BCUT2D eigenvalue weighted by Crippen LogP contribution is 2.23. The summed E-state index contributed by atoms with van der Waals surface area (Å²) in [5.41, 5.74) is 6.05. The van der Waals surface area contributed by atoms with E-state index in [1.165, 1.54) is 15.8 Å². The number of rotatable bonds is 5. The first-order valence-electron chi connectivity index (χ1n) is 6.58. The van der Waals surface area contributed by atoms with Crippen molar-refractivity contribution in [2.45, 2.75) is 26.4 Å². The largest absolute Gasteiger partial charge is 0.409 e. The molecule has 1 aromatic carbocycles. The van der Waals surface area contributed by atoms with Crippen LogP contribution in [0, 0.1) is 12.7 Å². The van der Waals surface area contributed by atoms with E-state index in [9.17, 15) is 4.39 Å². The number of nitrogens with zero attached hydrogens (tertiary/aromatic N) is 1. The molecule has 0 aliphatic carbocycles. The second-order valence-corrected chi connectivity index (χ2v) is 6.13. The summed E-state index contributed by atoms with van der Waals surface area (Å²) in [5, 5.41) is 14.8. The Hall–Kier alpha value is -1.92. The van der Waals surface area contributed by atoms with Gasteiger partial charge in [-0.05, 0) is 32.0 Å². The van der Waals surface area contributed by atoms with Gasteiger partial charge >= 0.3 is 0 Å². The van der Waals surface area contributed by atoms with E-state index in [0.717, 1.165) is 0 Å². The number of halogens is 1. The van der Waals surface area contributed by atoms with Gasteiger partial charge in [0.15, 0.2) is 5.84 Å². The van der Waals surface area contributed by atoms with Gasteiger partial charge in [-0.15, -0.1) is 11.3 Å². The van der Waals surface area contributed by atoms with Gasteiger partial charge in [-0.3, -0.25) is 0 Å². The summed E-state index contributed by atoms with van der Waals surface area (Å²) in [7, 11) is 0. The van der Waals surface area contributed by atoms with Crippen LogP contribution in [-0.4, -0.2) is 11.0 Å². The minimum absolute atomic E-state index is 0.108. The molecule has 1 aromatic heterocycles. The third-order valence-electron chi connectivity index (χ3n) is 3.25. The van der Waals surface area contributed by atoms with Crippen LogP contribution in [0.3, 0.4) is 0 Å². The molecule has 1 heterocycles. The minimum atomic E-state index is -0.463. The molecular weight excluding hydrogens is 289 g/mol. The van der Waals surface area contributed by atoms with E-state index < -0.39 is 5.82 Å². The maximum Gasteiger partial charge on any atom is 0.173 e. The second kappa shape index (κ2) is 6.69. The van der Waals surface area contributed by atoms with Gasteiger partial charge in [-0.2, -0.15) is 0 Å². The molecular formula is C15H18FN3OS. The van der Waals surface area contributed by atoms with E-state index in [1.807, 2.05) is 6.92 Å². The molecule has 0 spiro atoms. The van der Waals surface area contributed by atoms with Gasteiger partial charge in [0.2, 0.25) is 0 Å². The fraction of sp³-hybridized carbons (Fsp3) is 0.267. The summed E-state index contributed by atoms with van der Waals surface area (Å²) in [4.78, 5) is 2.46. The predicted octanol–water partition coefficient (Wildman–Crippen LogP) is 3.14. The SMILES string of the molecule is Cc1ccc(C(C)NCc2cccc(/C(N)=N/O)c2F)s1. The maximum absolute atomic E-state index is 14.3. The first-order valence-corrected chi connectivity index (χ1v) is 7.39. The van der Waals surface area contributed by atoms with Gasteiger partial charge in [0.25, 0.3) is 0 Å². The zero-order chi connectivity index (χ0) is 15.4. The molecule has 2 rings (SSSR count). The third-order valence-corrected chi connectivity index (χ3v) is 4.43. The van der Waals surface area contributed by atoms with Gasteiger partial charge in [0.05, 0.1) is 5.56 Å². The Bertz CT molecular complexity index is 654. The standard InChI is InChI=1S/C15H18FN3OS/c1-9-6-7-13(21-9)10(2)18-8-11-4-3-5-12(14(11)16)15(17)19-20/h3-7,10,18,20H,8H2,1-2H3,(H2,17,19). The average molecular weight is 307 g/mol. The molecule has 1 atom stereocenters. The molecule has 4 N–H and O–H groups in total. The fourth-order valence-corrected chi connectivity index (χ4v) is 2.92. The van der Waals surface area contributed by atoms with Crippen LogP contribution in [0.25, 0.3) is 0 Å². The minimum Gasteiger partial charge on any atom is -0.409 e. The lowest BCUT2D eigenvalue weighted by Gasteiger charge is -2.13. The number of thiophene rings is 1. The molecule has 0 amide bonds. The van der Waals surface area contributed by atoms with Gasteiger partial charge in [0.1, 0.15) is 5.82 Å². The van der Waals surface area contributed by atoms with Gasteiger partial charge < -0.3 is 16.3 Å². The van der Waals surface area contributed by atoms with E-state index in [2.05, 4.69) is 29.5 Å². The van der Waals surface area contributed by atoms with Crippen molar-refractivity contribution in [3.05, 3.63) is 57.0 Å². The average Bonchev–Trinajstić information content (AvgIpc) is 2.91. The summed E-state index contributed by atoms with van der Waals surface area (Å²) in [6.07, 6.45) is 0. The second-order valence-electron chi connectivity index (χ2n) is 4.81. The highest BCUT2D eigenvalue weighted by molar-refractivity contribution is 7.12. The molecule has 0 saturated carbocycles. The molecule has 0 bridgehead atoms. The zero-order valence-electron chi connectivity index (χ0n) is 11.9. The van der Waals surface area contributed by atoms with Gasteiger partial charge in [-0.1, -0.05) is 17.3 Å². The number of aryl methyl sites for hydroxylation is 1. The van der Waals surface area contributed by atoms with Crippen LogP contribution in [0.1, 0.15) is 33.8 Å². The van der Waals surface area contributed by atoms with E-state index in [1.54, 1.807) is 23.5 Å². The number of hydrogen-bond donors (Lipinski definition) is 3. The van der Waals surface area contributed by atoms with Crippen molar-refractivity contribution in [2.24, 2.45) is 10.9 Å². The lowest BCUT2D eigenvalue weighted by molar-refractivity contribution is 0.318. The first kappa shape index (κ1) is 15.5. The molecule has 112 valence electrons. The monoisotopic (exact) mass is 307 g/mol.